The summed E-state index contributed by atoms with van der Waals surface area (Å²) in [5, 5.41) is 19.3. The van der Waals surface area contributed by atoms with E-state index in [2.05, 4.69) is 20.5 Å². The predicted octanol–water partition coefficient (Wildman–Crippen LogP) is 0.543. The van der Waals surface area contributed by atoms with E-state index in [-0.39, 0.29) is 18.1 Å². The van der Waals surface area contributed by atoms with Crippen molar-refractivity contribution in [3.05, 3.63) is 34.9 Å². The fraction of sp³-hybridized carbons (Fsp3) is 0.222. The number of H-pyrrole nitrogens is 1. The normalized spacial score (nSPS) is 10.2. The van der Waals surface area contributed by atoms with Crippen molar-refractivity contribution in [2.75, 3.05) is 5.32 Å². The van der Waals surface area contributed by atoms with Gasteiger partial charge in [0.05, 0.1) is 6.20 Å². The maximum absolute atomic E-state index is 11.5. The summed E-state index contributed by atoms with van der Waals surface area (Å²) in [6.45, 7) is 0.320. The van der Waals surface area contributed by atoms with Crippen LogP contribution in [0.25, 0.3) is 0 Å². The van der Waals surface area contributed by atoms with Gasteiger partial charge in [0.15, 0.2) is 0 Å². The van der Waals surface area contributed by atoms with Crippen molar-refractivity contribution in [3.8, 4) is 0 Å². The van der Waals surface area contributed by atoms with Crippen LogP contribution in [0.15, 0.2) is 24.8 Å². The monoisotopic (exact) mass is 250 g/mol. The van der Waals surface area contributed by atoms with Crippen LogP contribution in [-0.2, 0) is 11.3 Å². The van der Waals surface area contributed by atoms with Gasteiger partial charge in [-0.25, -0.2) is 0 Å². The standard InChI is InChI=1S/C9H10N6O3/c16-9(12-7-1-3-11-13-7)2-4-14-5-8(10-6-14)15(17)18/h1,3,5-6H,2,4H2,(H2,11,12,13,16). The van der Waals surface area contributed by atoms with Crippen molar-refractivity contribution in [3.63, 3.8) is 0 Å². The molecular weight excluding hydrogens is 240 g/mol. The zero-order valence-electron chi connectivity index (χ0n) is 9.24. The molecule has 0 spiro atoms. The molecule has 0 fully saturated rings. The first kappa shape index (κ1) is 11.8. The summed E-state index contributed by atoms with van der Waals surface area (Å²) < 4.78 is 1.49. The summed E-state index contributed by atoms with van der Waals surface area (Å²) in [7, 11) is 0. The molecule has 2 aromatic rings. The minimum Gasteiger partial charge on any atom is -0.358 e. The Bertz CT molecular complexity index is 546. The van der Waals surface area contributed by atoms with Gasteiger partial charge in [-0.1, -0.05) is 0 Å². The molecule has 0 saturated carbocycles. The lowest BCUT2D eigenvalue weighted by Gasteiger charge is -2.01. The van der Waals surface area contributed by atoms with E-state index in [0.29, 0.717) is 12.4 Å². The van der Waals surface area contributed by atoms with E-state index in [9.17, 15) is 14.9 Å². The number of aromatic nitrogens is 4. The number of nitrogens with zero attached hydrogens (tertiary/aromatic N) is 4. The average molecular weight is 250 g/mol. The predicted molar refractivity (Wildman–Crippen MR) is 60.7 cm³/mol. The van der Waals surface area contributed by atoms with Gasteiger partial charge in [-0.2, -0.15) is 5.10 Å². The van der Waals surface area contributed by atoms with Crippen LogP contribution in [0, 0.1) is 10.1 Å². The molecule has 0 atom stereocenters. The maximum atomic E-state index is 11.5. The van der Waals surface area contributed by atoms with E-state index in [1.807, 2.05) is 0 Å². The van der Waals surface area contributed by atoms with Crippen molar-refractivity contribution >= 4 is 17.5 Å². The maximum Gasteiger partial charge on any atom is 0.381 e. The number of hydrogen-bond donors (Lipinski definition) is 2. The third-order valence-electron chi connectivity index (χ3n) is 2.18. The van der Waals surface area contributed by atoms with Gasteiger partial charge in [0.1, 0.15) is 12.0 Å². The highest BCUT2D eigenvalue weighted by Crippen LogP contribution is 2.06. The molecular formula is C9H10N6O3. The smallest absolute Gasteiger partial charge is 0.358 e. The molecule has 0 unspecified atom stereocenters. The van der Waals surface area contributed by atoms with E-state index in [0.717, 1.165) is 0 Å². The fourth-order valence-electron chi connectivity index (χ4n) is 1.33. The molecule has 2 rings (SSSR count). The highest BCUT2D eigenvalue weighted by atomic mass is 16.6. The molecule has 0 aliphatic heterocycles. The molecule has 0 saturated heterocycles. The Hall–Kier alpha value is -2.71. The molecule has 0 radical (unpaired) electrons. The van der Waals surface area contributed by atoms with E-state index < -0.39 is 4.92 Å². The highest BCUT2D eigenvalue weighted by Gasteiger charge is 2.10. The second kappa shape index (κ2) is 5.08. The Morgan fingerprint density at radius 2 is 2.44 bits per heavy atom. The van der Waals surface area contributed by atoms with E-state index in [1.54, 1.807) is 6.07 Å². The number of amides is 1. The van der Waals surface area contributed by atoms with Crippen LogP contribution in [-0.4, -0.2) is 30.6 Å². The average Bonchev–Trinajstić information content (AvgIpc) is 2.96. The van der Waals surface area contributed by atoms with Crippen LogP contribution in [0.4, 0.5) is 11.6 Å². The fourth-order valence-corrected chi connectivity index (χ4v) is 1.33. The molecule has 2 aromatic heterocycles. The number of imidazole rings is 1. The molecule has 18 heavy (non-hydrogen) atoms. The van der Waals surface area contributed by atoms with Crippen LogP contribution in [0.3, 0.4) is 0 Å². The molecule has 0 aliphatic carbocycles. The molecule has 9 heteroatoms. The first-order valence-corrected chi connectivity index (χ1v) is 5.10. The van der Waals surface area contributed by atoms with Crippen LogP contribution in [0.5, 0.6) is 0 Å². The number of nitro groups is 1. The van der Waals surface area contributed by atoms with Crippen LogP contribution < -0.4 is 5.32 Å². The zero-order chi connectivity index (χ0) is 13.0. The van der Waals surface area contributed by atoms with Gasteiger partial charge in [0.25, 0.3) is 0 Å². The molecule has 0 aliphatic rings. The van der Waals surface area contributed by atoms with Gasteiger partial charge in [0, 0.05) is 19.0 Å². The molecule has 94 valence electrons. The summed E-state index contributed by atoms with van der Waals surface area (Å²) in [5.41, 5.74) is 0. The number of anilines is 1. The first-order valence-electron chi connectivity index (χ1n) is 5.10. The van der Waals surface area contributed by atoms with Crippen LogP contribution in [0.1, 0.15) is 6.42 Å². The lowest BCUT2D eigenvalue weighted by Crippen LogP contribution is -2.14. The van der Waals surface area contributed by atoms with Crippen LogP contribution >= 0.6 is 0 Å². The number of aromatic amines is 1. The number of nitrogens with one attached hydrogen (secondary N) is 2. The molecule has 0 aromatic carbocycles. The van der Waals surface area contributed by atoms with Crippen LogP contribution in [0.2, 0.25) is 0 Å². The van der Waals surface area contributed by atoms with E-state index >= 15 is 0 Å². The van der Waals surface area contributed by atoms with Gasteiger partial charge in [-0.15, -0.1) is 0 Å². The Kier molecular flexibility index (Phi) is 3.32. The number of rotatable bonds is 5. The van der Waals surface area contributed by atoms with Crippen molar-refractivity contribution < 1.29 is 9.72 Å². The second-order valence-corrected chi connectivity index (χ2v) is 3.50. The molecule has 1 amide bonds. The topological polar surface area (TPSA) is 119 Å². The minimum absolute atomic E-state index is 0.187. The molecule has 9 nitrogen and oxygen atoms in total. The number of hydrogen-bond acceptors (Lipinski definition) is 5. The molecule has 0 bridgehead atoms. The molecule has 2 heterocycles. The highest BCUT2D eigenvalue weighted by molar-refractivity contribution is 5.89. The minimum atomic E-state index is -0.582. The number of carbonyl (C=O) groups is 1. The lowest BCUT2D eigenvalue weighted by molar-refractivity contribution is -0.389. The quantitative estimate of drug-likeness (QED) is 0.593. The Balaban J connectivity index is 1.83. The van der Waals surface area contributed by atoms with Gasteiger partial charge in [-0.05, 0) is 9.91 Å². The summed E-state index contributed by atoms with van der Waals surface area (Å²) in [4.78, 5) is 24.9. The Labute approximate surface area is 101 Å². The summed E-state index contributed by atoms with van der Waals surface area (Å²) in [6, 6.07) is 1.62. The Morgan fingerprint density at radius 3 is 3.06 bits per heavy atom. The first-order chi connectivity index (χ1) is 8.65. The number of carbonyl (C=O) groups excluding carboxylic acids is 1. The van der Waals surface area contributed by atoms with Crippen molar-refractivity contribution in [1.82, 2.24) is 19.7 Å². The van der Waals surface area contributed by atoms with Gasteiger partial charge in [-0.3, -0.25) is 9.89 Å². The third-order valence-corrected chi connectivity index (χ3v) is 2.18. The van der Waals surface area contributed by atoms with Gasteiger partial charge in [0.2, 0.25) is 12.2 Å². The van der Waals surface area contributed by atoms with E-state index in [1.165, 1.54) is 23.3 Å². The van der Waals surface area contributed by atoms with Gasteiger partial charge < -0.3 is 20.0 Å². The summed E-state index contributed by atoms with van der Waals surface area (Å²) in [6.07, 6.45) is 4.31. The van der Waals surface area contributed by atoms with Crippen molar-refractivity contribution in [1.29, 1.82) is 0 Å². The number of aryl methyl sites for hydroxylation is 1. The summed E-state index contributed by atoms with van der Waals surface area (Å²) >= 11 is 0. The SMILES string of the molecule is O=C(CCn1cnc([N+](=O)[O-])c1)Nc1ccn[nH]1. The summed E-state index contributed by atoms with van der Waals surface area (Å²) in [5.74, 6) is 0.0659. The van der Waals surface area contributed by atoms with E-state index in [4.69, 9.17) is 0 Å². The zero-order valence-corrected chi connectivity index (χ0v) is 9.24. The molecule has 2 N–H and O–H groups in total. The second-order valence-electron chi connectivity index (χ2n) is 3.50. The van der Waals surface area contributed by atoms with Gasteiger partial charge >= 0.3 is 5.82 Å². The third kappa shape index (κ3) is 2.90. The Morgan fingerprint density at radius 1 is 1.61 bits per heavy atom. The lowest BCUT2D eigenvalue weighted by atomic mass is 10.4. The largest absolute Gasteiger partial charge is 0.381 e. The van der Waals surface area contributed by atoms with Crippen molar-refractivity contribution in [2.24, 2.45) is 0 Å². The van der Waals surface area contributed by atoms with Crippen molar-refractivity contribution in [2.45, 2.75) is 13.0 Å².